The van der Waals surface area contributed by atoms with Crippen LogP contribution in [0.15, 0.2) is 0 Å². The number of aliphatic carboxylic acids is 2. The van der Waals surface area contributed by atoms with Gasteiger partial charge in [0.2, 0.25) is 0 Å². The molecule has 0 amide bonds. The summed E-state index contributed by atoms with van der Waals surface area (Å²) in [6.07, 6.45) is 0.111. The molecular formula is C7H12CaO4. The molecule has 0 atom stereocenters. The number of carbonyl (C=O) groups excluding carboxylic acids is 2. The smallest absolute Gasteiger partial charge is 0.550 e. The molecule has 0 aromatic carbocycles. The first-order valence-corrected chi connectivity index (χ1v) is 3.32. The largest absolute Gasteiger partial charge is 2.00 e. The number of hydrogen-bond donors (Lipinski definition) is 0. The van der Waals surface area contributed by atoms with Crippen LogP contribution in [0.25, 0.3) is 0 Å². The van der Waals surface area contributed by atoms with Gasteiger partial charge in [-0.05, 0) is 12.3 Å². The Morgan fingerprint density at radius 1 is 1.25 bits per heavy atom. The third-order valence-electron chi connectivity index (χ3n) is 0.760. The first-order chi connectivity index (χ1) is 4.91. The summed E-state index contributed by atoms with van der Waals surface area (Å²) in [4.78, 5) is 18.8. The van der Waals surface area contributed by atoms with E-state index in [-0.39, 0.29) is 50.1 Å². The quantitative estimate of drug-likeness (QED) is 0.490. The van der Waals surface area contributed by atoms with Crippen LogP contribution in [0.2, 0.25) is 0 Å². The van der Waals surface area contributed by atoms with E-state index in [1.165, 1.54) is 6.92 Å². The Labute approximate surface area is 102 Å². The second kappa shape index (κ2) is 11.2. The van der Waals surface area contributed by atoms with Gasteiger partial charge < -0.3 is 19.8 Å². The summed E-state index contributed by atoms with van der Waals surface area (Å²) in [6, 6.07) is 0. The summed E-state index contributed by atoms with van der Waals surface area (Å²) >= 11 is 0. The molecule has 12 heavy (non-hydrogen) atoms. The molecule has 4 nitrogen and oxygen atoms in total. The topological polar surface area (TPSA) is 80.3 Å². The predicted molar refractivity (Wildman–Crippen MR) is 40.9 cm³/mol. The van der Waals surface area contributed by atoms with Gasteiger partial charge in [0.05, 0.1) is 0 Å². The van der Waals surface area contributed by atoms with E-state index >= 15 is 0 Å². The van der Waals surface area contributed by atoms with Gasteiger partial charge in [-0.3, -0.25) is 0 Å². The molecule has 0 aromatic heterocycles. The molecule has 0 saturated carbocycles. The van der Waals surface area contributed by atoms with Crippen LogP contribution in [0.1, 0.15) is 27.2 Å². The van der Waals surface area contributed by atoms with Gasteiger partial charge in [0.25, 0.3) is 0 Å². The van der Waals surface area contributed by atoms with Crippen LogP contribution in [-0.4, -0.2) is 49.7 Å². The molecule has 5 heteroatoms. The van der Waals surface area contributed by atoms with Crippen LogP contribution in [0.4, 0.5) is 0 Å². The number of hydrogen-bond acceptors (Lipinski definition) is 4. The summed E-state index contributed by atoms with van der Waals surface area (Å²) < 4.78 is 0. The maximum Gasteiger partial charge on any atom is 2.00 e. The predicted octanol–water partition coefficient (Wildman–Crippen LogP) is -1.84. The number of carboxylic acid groups (broad SMARTS) is 2. The van der Waals surface area contributed by atoms with Gasteiger partial charge in [0.15, 0.2) is 0 Å². The van der Waals surface area contributed by atoms with E-state index in [1.54, 1.807) is 13.8 Å². The fourth-order valence-corrected chi connectivity index (χ4v) is 0. The second-order valence-electron chi connectivity index (χ2n) is 2.20. The van der Waals surface area contributed by atoms with Crippen molar-refractivity contribution in [2.24, 2.45) is 5.92 Å². The third kappa shape index (κ3) is 22.5. The van der Waals surface area contributed by atoms with E-state index in [2.05, 4.69) is 0 Å². The summed E-state index contributed by atoms with van der Waals surface area (Å²) in [5.74, 6) is -2.33. The zero-order valence-electron chi connectivity index (χ0n) is 7.62. The standard InChI is InChI=1S/C4H8O2.C3H6O2.Ca/c1-3(2)4(5)6;1-2-3(4)5;/h3H,1-2H3,(H,5,6);2H2,1H3,(H,4,5);/q;;+2/p-2. The van der Waals surface area contributed by atoms with Crippen molar-refractivity contribution in [3.63, 3.8) is 0 Å². The van der Waals surface area contributed by atoms with Gasteiger partial charge in [-0.2, -0.15) is 0 Å². The summed E-state index contributed by atoms with van der Waals surface area (Å²) in [5, 5.41) is 18.8. The van der Waals surface area contributed by atoms with Gasteiger partial charge in [0.1, 0.15) is 0 Å². The van der Waals surface area contributed by atoms with Crippen LogP contribution in [0.5, 0.6) is 0 Å². The van der Waals surface area contributed by atoms with Crippen molar-refractivity contribution in [1.29, 1.82) is 0 Å². The molecule has 0 unspecified atom stereocenters. The van der Waals surface area contributed by atoms with Gasteiger partial charge in [-0.1, -0.05) is 20.8 Å². The van der Waals surface area contributed by atoms with E-state index in [1.807, 2.05) is 0 Å². The Morgan fingerprint density at radius 3 is 1.42 bits per heavy atom. The molecule has 0 fully saturated rings. The Hall–Kier alpha value is 0.200. The molecule has 0 N–H and O–H groups in total. The molecule has 0 rings (SSSR count). The van der Waals surface area contributed by atoms with Crippen LogP contribution >= 0.6 is 0 Å². The van der Waals surface area contributed by atoms with Crippen LogP contribution in [0.3, 0.4) is 0 Å². The Bertz CT molecular complexity index is 133. The van der Waals surface area contributed by atoms with Crippen LogP contribution in [-0.2, 0) is 9.59 Å². The molecule has 0 bridgehead atoms. The number of rotatable bonds is 2. The molecular weight excluding hydrogens is 188 g/mol. The minimum absolute atomic E-state index is 0. The van der Waals surface area contributed by atoms with E-state index in [4.69, 9.17) is 0 Å². The van der Waals surface area contributed by atoms with Crippen molar-refractivity contribution in [3.05, 3.63) is 0 Å². The van der Waals surface area contributed by atoms with Gasteiger partial charge in [0, 0.05) is 11.9 Å². The van der Waals surface area contributed by atoms with E-state index < -0.39 is 11.9 Å². The first kappa shape index (κ1) is 18.1. The molecule has 0 radical (unpaired) electrons. The van der Waals surface area contributed by atoms with E-state index in [0.29, 0.717) is 0 Å². The Kier molecular flexibility index (Phi) is 16.9. The molecule has 0 aliphatic carbocycles. The summed E-state index contributed by atoms with van der Waals surface area (Å²) in [7, 11) is 0. The maximum absolute atomic E-state index is 9.59. The van der Waals surface area contributed by atoms with Crippen molar-refractivity contribution >= 4 is 49.7 Å². The SMILES string of the molecule is CC(C)C(=O)[O-].CCC(=O)[O-].[Ca+2]. The number of carbonyl (C=O) groups is 2. The van der Waals surface area contributed by atoms with Crippen molar-refractivity contribution in [3.8, 4) is 0 Å². The van der Waals surface area contributed by atoms with E-state index in [9.17, 15) is 19.8 Å². The van der Waals surface area contributed by atoms with E-state index in [0.717, 1.165) is 0 Å². The van der Waals surface area contributed by atoms with Crippen molar-refractivity contribution in [2.75, 3.05) is 0 Å². The summed E-state index contributed by atoms with van der Waals surface area (Å²) in [6.45, 7) is 4.69. The average Bonchev–Trinajstić information content (AvgIpc) is 1.89. The van der Waals surface area contributed by atoms with Gasteiger partial charge >= 0.3 is 37.7 Å². The molecule has 66 valence electrons. The fraction of sp³-hybridized carbons (Fsp3) is 0.714. The minimum atomic E-state index is -0.995. The van der Waals surface area contributed by atoms with Crippen LogP contribution in [0, 0.1) is 5.92 Å². The molecule has 0 heterocycles. The molecule has 0 saturated heterocycles. The van der Waals surface area contributed by atoms with Crippen molar-refractivity contribution in [2.45, 2.75) is 27.2 Å². The molecule has 0 aliphatic heterocycles. The fourth-order valence-electron chi connectivity index (χ4n) is 0. The summed E-state index contributed by atoms with van der Waals surface area (Å²) in [5.41, 5.74) is 0. The molecule has 0 aromatic rings. The maximum atomic E-state index is 9.59. The molecule has 0 spiro atoms. The van der Waals surface area contributed by atoms with Crippen molar-refractivity contribution < 1.29 is 19.8 Å². The monoisotopic (exact) mass is 200 g/mol. The Balaban J connectivity index is -0.000000126. The zero-order chi connectivity index (χ0) is 9.44. The van der Waals surface area contributed by atoms with Gasteiger partial charge in [-0.25, -0.2) is 0 Å². The zero-order valence-corrected chi connectivity index (χ0v) is 9.83. The molecule has 0 aliphatic rings. The van der Waals surface area contributed by atoms with Crippen molar-refractivity contribution in [1.82, 2.24) is 0 Å². The van der Waals surface area contributed by atoms with Crippen LogP contribution < -0.4 is 10.2 Å². The first-order valence-electron chi connectivity index (χ1n) is 3.32. The average molecular weight is 200 g/mol. The normalized spacial score (nSPS) is 7.67. The van der Waals surface area contributed by atoms with Gasteiger partial charge in [-0.15, -0.1) is 0 Å². The second-order valence-corrected chi connectivity index (χ2v) is 2.20. The number of carboxylic acids is 2. The Morgan fingerprint density at radius 2 is 1.42 bits per heavy atom. The minimum Gasteiger partial charge on any atom is -0.550 e. The third-order valence-corrected chi connectivity index (χ3v) is 0.760.